The van der Waals surface area contributed by atoms with Gasteiger partial charge >= 0.3 is 5.69 Å². The molecule has 0 aliphatic rings. The lowest BCUT2D eigenvalue weighted by atomic mass is 10.2. The number of aromatic amines is 3. The summed E-state index contributed by atoms with van der Waals surface area (Å²) in [5.41, 5.74) is -1.58. The number of rotatable bonds is 1. The predicted octanol–water partition coefficient (Wildman–Crippen LogP) is 0.885. The van der Waals surface area contributed by atoms with Crippen molar-refractivity contribution in [2.45, 2.75) is 0 Å². The Morgan fingerprint density at radius 2 is 1.84 bits per heavy atom. The molecule has 0 bridgehead atoms. The summed E-state index contributed by atoms with van der Waals surface area (Å²) in [6, 6.07) is 3.59. The van der Waals surface area contributed by atoms with E-state index in [1.165, 1.54) is 12.1 Å². The lowest BCUT2D eigenvalue weighted by Gasteiger charge is -1.98. The molecule has 0 aliphatic carbocycles. The molecule has 96 valence electrons. The number of hydrogen-bond acceptors (Lipinski definition) is 3. The SMILES string of the molecule is O=c1[nH]c(=O)c2[nH]c(-c3cccc(F)c3F)nc2[nH]1. The van der Waals surface area contributed by atoms with Gasteiger partial charge in [0.1, 0.15) is 11.3 Å². The number of nitrogens with one attached hydrogen (secondary N) is 3. The summed E-state index contributed by atoms with van der Waals surface area (Å²) in [6.07, 6.45) is 0. The first-order valence-electron chi connectivity index (χ1n) is 5.23. The molecule has 0 radical (unpaired) electrons. The van der Waals surface area contributed by atoms with Gasteiger partial charge in [0, 0.05) is 0 Å². The van der Waals surface area contributed by atoms with Crippen molar-refractivity contribution in [1.29, 1.82) is 0 Å². The number of imidazole rings is 1. The molecule has 0 amide bonds. The van der Waals surface area contributed by atoms with Gasteiger partial charge in [0.05, 0.1) is 5.56 Å². The number of aromatic nitrogens is 4. The van der Waals surface area contributed by atoms with Crippen LogP contribution in [0.5, 0.6) is 0 Å². The van der Waals surface area contributed by atoms with Crippen LogP contribution in [0.2, 0.25) is 0 Å². The summed E-state index contributed by atoms with van der Waals surface area (Å²) < 4.78 is 26.7. The lowest BCUT2D eigenvalue weighted by molar-refractivity contribution is 0.510. The van der Waals surface area contributed by atoms with Crippen LogP contribution in [0, 0.1) is 11.6 Å². The molecule has 3 aromatic rings. The van der Waals surface area contributed by atoms with Crippen LogP contribution in [-0.2, 0) is 0 Å². The van der Waals surface area contributed by atoms with Crippen LogP contribution in [0.1, 0.15) is 0 Å². The maximum absolute atomic E-state index is 13.6. The van der Waals surface area contributed by atoms with Crippen LogP contribution < -0.4 is 11.2 Å². The van der Waals surface area contributed by atoms with E-state index in [1.54, 1.807) is 0 Å². The zero-order valence-electron chi connectivity index (χ0n) is 9.25. The van der Waals surface area contributed by atoms with Crippen LogP contribution >= 0.6 is 0 Å². The molecule has 0 fully saturated rings. The second-order valence-electron chi connectivity index (χ2n) is 3.82. The zero-order valence-corrected chi connectivity index (χ0v) is 9.25. The van der Waals surface area contributed by atoms with Crippen molar-refractivity contribution in [2.75, 3.05) is 0 Å². The highest BCUT2D eigenvalue weighted by atomic mass is 19.2. The molecule has 2 aromatic heterocycles. The van der Waals surface area contributed by atoms with Crippen molar-refractivity contribution in [1.82, 2.24) is 19.9 Å². The van der Waals surface area contributed by atoms with Crippen LogP contribution in [-0.4, -0.2) is 19.9 Å². The van der Waals surface area contributed by atoms with Gasteiger partial charge in [-0.05, 0) is 12.1 Å². The van der Waals surface area contributed by atoms with Crippen molar-refractivity contribution in [3.63, 3.8) is 0 Å². The number of fused-ring (bicyclic) bond motifs is 1. The van der Waals surface area contributed by atoms with E-state index < -0.39 is 22.9 Å². The molecule has 3 N–H and O–H groups in total. The van der Waals surface area contributed by atoms with E-state index in [0.717, 1.165) is 6.07 Å². The molecule has 6 nitrogen and oxygen atoms in total. The van der Waals surface area contributed by atoms with Gasteiger partial charge in [-0.25, -0.2) is 18.6 Å². The van der Waals surface area contributed by atoms with Gasteiger partial charge < -0.3 is 4.98 Å². The largest absolute Gasteiger partial charge is 0.332 e. The highest BCUT2D eigenvalue weighted by Gasteiger charge is 2.15. The molecule has 0 unspecified atom stereocenters. The number of H-pyrrole nitrogens is 3. The predicted molar refractivity (Wildman–Crippen MR) is 62.7 cm³/mol. The smallest absolute Gasteiger partial charge is 0.327 e. The first-order chi connectivity index (χ1) is 9.06. The van der Waals surface area contributed by atoms with Gasteiger partial charge in [-0.3, -0.25) is 14.8 Å². The number of benzene rings is 1. The second kappa shape index (κ2) is 3.87. The molecule has 0 spiro atoms. The molecule has 8 heteroatoms. The van der Waals surface area contributed by atoms with Crippen molar-refractivity contribution in [3.05, 3.63) is 50.7 Å². The molecule has 0 aliphatic heterocycles. The maximum atomic E-state index is 13.6. The van der Waals surface area contributed by atoms with Crippen molar-refractivity contribution in [3.8, 4) is 11.4 Å². The van der Waals surface area contributed by atoms with E-state index in [4.69, 9.17) is 0 Å². The zero-order chi connectivity index (χ0) is 13.6. The Balaban J connectivity index is 2.33. The molecule has 0 saturated heterocycles. The molecule has 1 aromatic carbocycles. The Morgan fingerprint density at radius 1 is 1.05 bits per heavy atom. The first kappa shape index (κ1) is 11.3. The Bertz CT molecular complexity index is 894. The highest BCUT2D eigenvalue weighted by Crippen LogP contribution is 2.22. The summed E-state index contributed by atoms with van der Waals surface area (Å²) >= 11 is 0. The molecule has 2 heterocycles. The summed E-state index contributed by atoms with van der Waals surface area (Å²) in [5.74, 6) is -2.15. The average Bonchev–Trinajstić information content (AvgIpc) is 2.76. The van der Waals surface area contributed by atoms with Crippen LogP contribution in [0.25, 0.3) is 22.6 Å². The van der Waals surface area contributed by atoms with Gasteiger partial charge in [0.15, 0.2) is 17.3 Å². The van der Waals surface area contributed by atoms with Crippen molar-refractivity contribution < 1.29 is 8.78 Å². The number of halogens is 2. The third-order valence-electron chi connectivity index (χ3n) is 2.60. The Morgan fingerprint density at radius 3 is 2.63 bits per heavy atom. The van der Waals surface area contributed by atoms with E-state index in [0.29, 0.717) is 0 Å². The minimum Gasteiger partial charge on any atom is -0.332 e. The topological polar surface area (TPSA) is 94.4 Å². The minimum absolute atomic E-state index is 0.0155. The van der Waals surface area contributed by atoms with Gasteiger partial charge in [0.2, 0.25) is 0 Å². The molecular formula is C11H6F2N4O2. The monoisotopic (exact) mass is 264 g/mol. The fraction of sp³-hybridized carbons (Fsp3) is 0. The molecular weight excluding hydrogens is 258 g/mol. The quantitative estimate of drug-likeness (QED) is 0.609. The third kappa shape index (κ3) is 1.73. The number of nitrogens with zero attached hydrogens (tertiary/aromatic N) is 1. The molecule has 0 atom stereocenters. The van der Waals surface area contributed by atoms with Gasteiger partial charge in [-0.15, -0.1) is 0 Å². The summed E-state index contributed by atoms with van der Waals surface area (Å²) in [7, 11) is 0. The van der Waals surface area contributed by atoms with E-state index in [2.05, 4.69) is 15.0 Å². The maximum Gasteiger partial charge on any atom is 0.327 e. The fourth-order valence-electron chi connectivity index (χ4n) is 1.75. The molecule has 0 saturated carbocycles. The molecule has 3 rings (SSSR count). The third-order valence-corrected chi connectivity index (χ3v) is 2.60. The van der Waals surface area contributed by atoms with E-state index in [1.807, 2.05) is 4.98 Å². The summed E-state index contributed by atoms with van der Waals surface area (Å²) in [5, 5.41) is 0. The van der Waals surface area contributed by atoms with Crippen LogP contribution in [0.15, 0.2) is 27.8 Å². The number of hydrogen-bond donors (Lipinski definition) is 3. The standard InChI is InChI=1S/C11H6F2N4O2/c12-5-3-1-2-4(6(5)13)8-14-7-9(15-8)16-11(19)17-10(7)18/h1-3H,(H3,14,15,16,17,18,19). The summed E-state index contributed by atoms with van der Waals surface area (Å²) in [4.78, 5) is 33.2. The minimum atomic E-state index is -1.08. The summed E-state index contributed by atoms with van der Waals surface area (Å²) in [6.45, 7) is 0. The highest BCUT2D eigenvalue weighted by molar-refractivity contribution is 5.74. The van der Waals surface area contributed by atoms with Crippen molar-refractivity contribution >= 4 is 11.2 Å². The lowest BCUT2D eigenvalue weighted by Crippen LogP contribution is -2.21. The van der Waals surface area contributed by atoms with Gasteiger partial charge in [0.25, 0.3) is 5.56 Å². The first-order valence-corrected chi connectivity index (χ1v) is 5.23. The molecule has 19 heavy (non-hydrogen) atoms. The van der Waals surface area contributed by atoms with Gasteiger partial charge in [-0.1, -0.05) is 6.07 Å². The fourth-order valence-corrected chi connectivity index (χ4v) is 1.75. The van der Waals surface area contributed by atoms with E-state index in [-0.39, 0.29) is 22.6 Å². The normalized spacial score (nSPS) is 11.1. The van der Waals surface area contributed by atoms with E-state index >= 15 is 0 Å². The van der Waals surface area contributed by atoms with Crippen LogP contribution in [0.3, 0.4) is 0 Å². The van der Waals surface area contributed by atoms with Crippen molar-refractivity contribution in [2.24, 2.45) is 0 Å². The van der Waals surface area contributed by atoms with E-state index in [9.17, 15) is 18.4 Å². The Labute approximate surface area is 103 Å². The second-order valence-corrected chi connectivity index (χ2v) is 3.82. The Kier molecular flexibility index (Phi) is 2.31. The van der Waals surface area contributed by atoms with Gasteiger partial charge in [-0.2, -0.15) is 0 Å². The Hall–Kier alpha value is -2.77. The van der Waals surface area contributed by atoms with Crippen LogP contribution in [0.4, 0.5) is 8.78 Å². The average molecular weight is 264 g/mol.